The Bertz CT molecular complexity index is 388. The summed E-state index contributed by atoms with van der Waals surface area (Å²) in [5.41, 5.74) is 0.804. The van der Waals surface area contributed by atoms with E-state index in [4.69, 9.17) is 4.74 Å². The highest BCUT2D eigenvalue weighted by Gasteiger charge is 2.20. The number of hydrogen-bond acceptors (Lipinski definition) is 3. The first kappa shape index (κ1) is 13.3. The minimum Gasteiger partial charge on any atom is -0.381 e. The predicted molar refractivity (Wildman–Crippen MR) is 77.5 cm³/mol. The molecule has 3 nitrogen and oxygen atoms in total. The molecule has 2 rings (SSSR count). The molecule has 0 aromatic carbocycles. The first-order chi connectivity index (χ1) is 8.16. The lowest BCUT2D eigenvalue weighted by Crippen LogP contribution is -2.34. The van der Waals surface area contributed by atoms with E-state index < -0.39 is 0 Å². The van der Waals surface area contributed by atoms with Crippen molar-refractivity contribution in [2.24, 2.45) is 5.92 Å². The molecule has 2 heterocycles. The minimum atomic E-state index is 0.120. The topological polar surface area (TPSA) is 29.5 Å². The summed E-state index contributed by atoms with van der Waals surface area (Å²) < 4.78 is 6.59. The Morgan fingerprint density at radius 1 is 1.71 bits per heavy atom. The molecule has 1 unspecified atom stereocenters. The van der Waals surface area contributed by atoms with Gasteiger partial charge in [0.05, 0.1) is 15.1 Å². The fourth-order valence-corrected chi connectivity index (χ4v) is 3.38. The van der Waals surface area contributed by atoms with Crippen molar-refractivity contribution in [1.29, 1.82) is 0 Å². The van der Waals surface area contributed by atoms with Crippen molar-refractivity contribution in [1.82, 2.24) is 4.90 Å². The van der Waals surface area contributed by atoms with E-state index in [1.54, 1.807) is 11.3 Å². The van der Waals surface area contributed by atoms with Crippen molar-refractivity contribution in [2.45, 2.75) is 12.8 Å². The van der Waals surface area contributed by atoms with E-state index >= 15 is 0 Å². The molecule has 5 heteroatoms. The van der Waals surface area contributed by atoms with E-state index in [2.05, 4.69) is 22.6 Å². The summed E-state index contributed by atoms with van der Waals surface area (Å²) in [6.45, 7) is 2.46. The van der Waals surface area contributed by atoms with E-state index in [1.807, 2.05) is 23.4 Å². The van der Waals surface area contributed by atoms with Crippen LogP contribution in [0, 0.1) is 8.80 Å². The number of hydrogen-bond donors (Lipinski definition) is 0. The van der Waals surface area contributed by atoms with E-state index in [1.165, 1.54) is 6.42 Å². The second kappa shape index (κ2) is 6.15. The lowest BCUT2D eigenvalue weighted by Gasteiger charge is -2.26. The number of amides is 1. The minimum absolute atomic E-state index is 0.120. The third-order valence-electron chi connectivity index (χ3n) is 2.95. The maximum atomic E-state index is 12.1. The Morgan fingerprint density at radius 2 is 2.53 bits per heavy atom. The SMILES string of the molecule is CN(CC1CCCOC1)C(=O)c1csc(I)c1. The third-order valence-corrected chi connectivity index (χ3v) is 4.74. The molecular formula is C12H16INO2S. The van der Waals surface area contributed by atoms with Gasteiger partial charge in [0.25, 0.3) is 5.91 Å². The van der Waals surface area contributed by atoms with Crippen molar-refractivity contribution in [2.75, 3.05) is 26.8 Å². The van der Waals surface area contributed by atoms with Crippen LogP contribution in [-0.2, 0) is 4.74 Å². The van der Waals surface area contributed by atoms with Crippen LogP contribution >= 0.6 is 33.9 Å². The molecule has 1 amide bonds. The van der Waals surface area contributed by atoms with Gasteiger partial charge in [0, 0.05) is 25.6 Å². The molecule has 0 aliphatic carbocycles. The summed E-state index contributed by atoms with van der Waals surface area (Å²) in [4.78, 5) is 13.9. The third kappa shape index (κ3) is 3.66. The summed E-state index contributed by atoms with van der Waals surface area (Å²) in [6.07, 6.45) is 2.28. The molecule has 0 spiro atoms. The fraction of sp³-hybridized carbons (Fsp3) is 0.583. The number of nitrogens with zero attached hydrogens (tertiary/aromatic N) is 1. The summed E-state index contributed by atoms with van der Waals surface area (Å²) in [7, 11) is 1.88. The normalized spacial score (nSPS) is 20.2. The Balaban J connectivity index is 1.90. The van der Waals surface area contributed by atoms with Crippen LogP contribution < -0.4 is 0 Å². The largest absolute Gasteiger partial charge is 0.381 e. The molecule has 0 bridgehead atoms. The van der Waals surface area contributed by atoms with Gasteiger partial charge < -0.3 is 9.64 Å². The smallest absolute Gasteiger partial charge is 0.254 e. The fourth-order valence-electron chi connectivity index (χ4n) is 2.06. The average molecular weight is 365 g/mol. The van der Waals surface area contributed by atoms with Gasteiger partial charge in [-0.15, -0.1) is 11.3 Å². The van der Waals surface area contributed by atoms with E-state index in [-0.39, 0.29) is 5.91 Å². The Morgan fingerprint density at radius 3 is 3.12 bits per heavy atom. The molecule has 0 saturated carbocycles. The van der Waals surface area contributed by atoms with Crippen LogP contribution in [0.25, 0.3) is 0 Å². The van der Waals surface area contributed by atoms with Crippen molar-refractivity contribution < 1.29 is 9.53 Å². The maximum Gasteiger partial charge on any atom is 0.254 e. The quantitative estimate of drug-likeness (QED) is 0.771. The maximum absolute atomic E-state index is 12.1. The molecule has 17 heavy (non-hydrogen) atoms. The molecule has 0 N–H and O–H groups in total. The van der Waals surface area contributed by atoms with Crippen molar-refractivity contribution in [3.8, 4) is 0 Å². The zero-order chi connectivity index (χ0) is 12.3. The molecule has 0 radical (unpaired) electrons. The van der Waals surface area contributed by atoms with E-state index in [9.17, 15) is 4.79 Å². The predicted octanol–water partition coefficient (Wildman–Crippen LogP) is 2.85. The lowest BCUT2D eigenvalue weighted by atomic mass is 10.0. The highest BCUT2D eigenvalue weighted by atomic mass is 127. The summed E-state index contributed by atoms with van der Waals surface area (Å²) in [5, 5.41) is 1.93. The number of rotatable bonds is 3. The standard InChI is InChI=1S/C12H16INO2S/c1-14(6-9-3-2-4-16-7-9)12(15)10-5-11(13)17-8-10/h5,8-9H,2-4,6-7H2,1H3. The van der Waals surface area contributed by atoms with Crippen molar-refractivity contribution in [3.63, 3.8) is 0 Å². The van der Waals surface area contributed by atoms with Crippen LogP contribution in [0.15, 0.2) is 11.4 Å². The Labute approximate surface area is 119 Å². The van der Waals surface area contributed by atoms with E-state index in [0.29, 0.717) is 5.92 Å². The van der Waals surface area contributed by atoms with Crippen LogP contribution in [0.2, 0.25) is 0 Å². The second-order valence-corrected chi connectivity index (χ2v) is 7.21. The van der Waals surface area contributed by atoms with Gasteiger partial charge in [-0.3, -0.25) is 4.79 Å². The molecule has 1 aliphatic rings. The van der Waals surface area contributed by atoms with Crippen LogP contribution in [0.3, 0.4) is 0 Å². The number of carbonyl (C=O) groups is 1. The summed E-state index contributed by atoms with van der Waals surface area (Å²) >= 11 is 3.85. The summed E-state index contributed by atoms with van der Waals surface area (Å²) in [5.74, 6) is 0.616. The van der Waals surface area contributed by atoms with Gasteiger partial charge in [-0.25, -0.2) is 0 Å². The zero-order valence-electron chi connectivity index (χ0n) is 9.82. The van der Waals surface area contributed by atoms with Crippen LogP contribution in [0.5, 0.6) is 0 Å². The Kier molecular flexibility index (Phi) is 4.81. The van der Waals surface area contributed by atoms with Gasteiger partial charge in [0.2, 0.25) is 0 Å². The number of ether oxygens (including phenoxy) is 1. The molecule has 1 aromatic heterocycles. The molecule has 1 fully saturated rings. The molecule has 1 aliphatic heterocycles. The molecule has 1 saturated heterocycles. The number of thiophene rings is 1. The second-order valence-electron chi connectivity index (χ2n) is 4.41. The number of carbonyl (C=O) groups excluding carboxylic acids is 1. The number of halogens is 1. The average Bonchev–Trinajstić information content (AvgIpc) is 2.76. The van der Waals surface area contributed by atoms with Gasteiger partial charge >= 0.3 is 0 Å². The van der Waals surface area contributed by atoms with Crippen LogP contribution in [-0.4, -0.2) is 37.6 Å². The Hall–Kier alpha value is -0.140. The summed E-state index contributed by atoms with van der Waals surface area (Å²) in [6, 6.07) is 1.95. The molecular weight excluding hydrogens is 349 g/mol. The van der Waals surface area contributed by atoms with Crippen LogP contribution in [0.1, 0.15) is 23.2 Å². The zero-order valence-corrected chi connectivity index (χ0v) is 12.8. The van der Waals surface area contributed by atoms with Gasteiger partial charge in [0.1, 0.15) is 0 Å². The van der Waals surface area contributed by atoms with E-state index in [0.717, 1.165) is 34.6 Å². The molecule has 1 aromatic rings. The molecule has 1 atom stereocenters. The highest BCUT2D eigenvalue weighted by Crippen LogP contribution is 2.19. The highest BCUT2D eigenvalue weighted by molar-refractivity contribution is 14.1. The van der Waals surface area contributed by atoms with Gasteiger partial charge in [0.15, 0.2) is 0 Å². The first-order valence-electron chi connectivity index (χ1n) is 5.74. The van der Waals surface area contributed by atoms with Crippen molar-refractivity contribution in [3.05, 3.63) is 19.9 Å². The van der Waals surface area contributed by atoms with Gasteiger partial charge in [-0.05, 0) is 47.4 Å². The van der Waals surface area contributed by atoms with Crippen molar-refractivity contribution >= 4 is 39.8 Å². The molecule has 94 valence electrons. The van der Waals surface area contributed by atoms with Gasteiger partial charge in [-0.2, -0.15) is 0 Å². The monoisotopic (exact) mass is 365 g/mol. The first-order valence-corrected chi connectivity index (χ1v) is 7.70. The van der Waals surface area contributed by atoms with Crippen LogP contribution in [0.4, 0.5) is 0 Å². The van der Waals surface area contributed by atoms with Gasteiger partial charge in [-0.1, -0.05) is 0 Å². The lowest BCUT2D eigenvalue weighted by molar-refractivity contribution is 0.0388.